The number of halogens is 6. The molecular weight excluding hydrogens is 385 g/mol. The standard InChI is InChI=1S/C12H2Cl6O/c13-4-1-3-6(2-5(4)14)19-12-7(3)8(15)9(16)10(17)11(12)18/h1-2H/i1+1,2+1,3+1,4+1,5+1,6+1,7+1,8+1,9+1,10+1,11+1,12+1. The predicted octanol–water partition coefficient (Wildman–Crippen LogP) is 7.51. The van der Waals surface area contributed by atoms with E-state index in [4.69, 9.17) is 74.0 Å². The molecule has 98 valence electrons. The Labute approximate surface area is 137 Å². The van der Waals surface area contributed by atoms with Crippen LogP contribution in [0, 0.1) is 0 Å². The molecule has 1 heterocycles. The van der Waals surface area contributed by atoms with Gasteiger partial charge in [0.05, 0.1) is 30.5 Å². The first kappa shape index (κ1) is 13.9. The summed E-state index contributed by atoms with van der Waals surface area (Å²) in [5.41, 5.74) is 0.862. The molecule has 0 radical (unpaired) electrons. The van der Waals surface area contributed by atoms with Crippen molar-refractivity contribution < 1.29 is 4.42 Å². The minimum absolute atomic E-state index is 0.150. The van der Waals surface area contributed by atoms with Crippen LogP contribution in [0.4, 0.5) is 0 Å². The third-order valence-electron chi connectivity index (χ3n) is 2.73. The van der Waals surface area contributed by atoms with E-state index in [-0.39, 0.29) is 20.1 Å². The normalized spacial score (nSPS) is 11.7. The lowest BCUT2D eigenvalue weighted by molar-refractivity contribution is 0.669. The maximum Gasteiger partial charge on any atom is 0.157 e. The number of fused-ring (bicyclic) bond motifs is 3. The van der Waals surface area contributed by atoms with Crippen molar-refractivity contribution in [2.45, 2.75) is 0 Å². The van der Waals surface area contributed by atoms with Gasteiger partial charge < -0.3 is 4.42 Å². The Morgan fingerprint density at radius 3 is 1.95 bits per heavy atom. The van der Waals surface area contributed by atoms with Crippen molar-refractivity contribution in [2.24, 2.45) is 0 Å². The third kappa shape index (κ3) is 1.99. The van der Waals surface area contributed by atoms with Gasteiger partial charge in [-0.1, -0.05) is 69.6 Å². The minimum atomic E-state index is 0.150. The Balaban J connectivity index is 2.63. The summed E-state index contributed by atoms with van der Waals surface area (Å²) in [7, 11) is 0. The average molecular weight is 387 g/mol. The maximum absolute atomic E-state index is 6.20. The molecule has 1 aromatic heterocycles. The molecule has 0 aliphatic rings. The highest BCUT2D eigenvalue weighted by Gasteiger charge is 2.21. The molecule has 1 nitrogen and oxygen atoms in total. The molecule has 0 N–H and O–H groups in total. The largest absolute Gasteiger partial charge is 0.454 e. The van der Waals surface area contributed by atoms with E-state index in [0.717, 1.165) is 0 Å². The van der Waals surface area contributed by atoms with Gasteiger partial charge in [0, 0.05) is 11.5 Å². The van der Waals surface area contributed by atoms with E-state index in [1.807, 2.05) is 0 Å². The molecule has 19 heavy (non-hydrogen) atoms. The molecule has 0 amide bonds. The van der Waals surface area contributed by atoms with E-state index in [9.17, 15) is 0 Å². The summed E-state index contributed by atoms with van der Waals surface area (Å²) in [5, 5.41) is 2.79. The monoisotopic (exact) mass is 384 g/mol. The molecule has 7 heteroatoms. The number of hydrogen-bond donors (Lipinski definition) is 0. The van der Waals surface area contributed by atoms with Crippen LogP contribution < -0.4 is 0 Å². The highest BCUT2D eigenvalue weighted by molar-refractivity contribution is 6.56. The number of furan rings is 1. The molecule has 0 bridgehead atoms. The van der Waals surface area contributed by atoms with Gasteiger partial charge in [-0.25, -0.2) is 0 Å². The lowest BCUT2D eigenvalue weighted by atomic mass is 11.1. The zero-order valence-corrected chi connectivity index (χ0v) is 13.4. The second-order valence-electron chi connectivity index (χ2n) is 3.82. The molecular formula is C12H2Cl6O. The summed E-state index contributed by atoms with van der Waals surface area (Å²) < 4.78 is 5.63. The SMILES string of the molecule is Cl[13c]1[13cH][13c]2o[13c]3[13c](Cl)[13c](Cl)[13c](Cl)[13c](Cl)[13c]3[13c]2[13cH][13c]1Cl. The van der Waals surface area contributed by atoms with Crippen LogP contribution in [0.2, 0.25) is 30.1 Å². The van der Waals surface area contributed by atoms with Gasteiger partial charge in [-0.15, -0.1) is 0 Å². The van der Waals surface area contributed by atoms with Crippen LogP contribution in [0.15, 0.2) is 16.5 Å². The summed E-state index contributed by atoms with van der Waals surface area (Å²) in [6.07, 6.45) is 0. The summed E-state index contributed by atoms with van der Waals surface area (Å²) in [5.74, 6) is 0. The first-order chi connectivity index (χ1) is 8.91. The Bertz CT molecular complexity index is 836. The van der Waals surface area contributed by atoms with Gasteiger partial charge in [0.25, 0.3) is 0 Å². The molecule has 0 saturated carbocycles. The predicted molar refractivity (Wildman–Crippen MR) is 83.8 cm³/mol. The second-order valence-corrected chi connectivity index (χ2v) is 6.15. The van der Waals surface area contributed by atoms with Gasteiger partial charge in [0.15, 0.2) is 5.58 Å². The fraction of sp³-hybridized carbons (Fsp3) is 0. The summed E-state index contributed by atoms with van der Waals surface area (Å²) in [6, 6.07) is 3.24. The van der Waals surface area contributed by atoms with E-state index in [2.05, 4.69) is 0 Å². The molecule has 3 rings (SSSR count). The number of hydrogen-bond acceptors (Lipinski definition) is 1. The number of rotatable bonds is 0. The summed E-state index contributed by atoms with van der Waals surface area (Å²) in [4.78, 5) is 0. The molecule has 0 unspecified atom stereocenters. The van der Waals surface area contributed by atoms with Crippen molar-refractivity contribution in [3.63, 3.8) is 0 Å². The Hall–Kier alpha value is -0.0200. The third-order valence-corrected chi connectivity index (χ3v) is 5.23. The van der Waals surface area contributed by atoms with Gasteiger partial charge in [0.2, 0.25) is 0 Å². The van der Waals surface area contributed by atoms with Gasteiger partial charge in [0.1, 0.15) is 10.6 Å². The minimum Gasteiger partial charge on any atom is -0.454 e. The highest BCUT2D eigenvalue weighted by Crippen LogP contribution is 2.47. The van der Waals surface area contributed by atoms with Gasteiger partial charge in [-0.3, -0.25) is 0 Å². The Morgan fingerprint density at radius 1 is 0.684 bits per heavy atom. The van der Waals surface area contributed by atoms with E-state index in [0.29, 0.717) is 32.0 Å². The molecule has 0 spiro atoms. The topological polar surface area (TPSA) is 13.1 Å². The second kappa shape index (κ2) is 4.77. The molecule has 0 aliphatic heterocycles. The van der Waals surface area contributed by atoms with Crippen molar-refractivity contribution in [3.8, 4) is 0 Å². The first-order valence-electron chi connectivity index (χ1n) is 4.95. The fourth-order valence-electron chi connectivity index (χ4n) is 1.87. The van der Waals surface area contributed by atoms with E-state index in [1.54, 1.807) is 12.1 Å². The first-order valence-corrected chi connectivity index (χ1v) is 7.21. The maximum atomic E-state index is 6.20. The van der Waals surface area contributed by atoms with Crippen molar-refractivity contribution >= 4 is 91.5 Å². The van der Waals surface area contributed by atoms with Crippen molar-refractivity contribution in [1.82, 2.24) is 0 Å². The van der Waals surface area contributed by atoms with Crippen LogP contribution in [0.3, 0.4) is 0 Å². The lowest BCUT2D eigenvalue weighted by Gasteiger charge is -2.03. The number of benzene rings is 2. The van der Waals surface area contributed by atoms with Crippen LogP contribution in [0.1, 0.15) is 0 Å². The van der Waals surface area contributed by atoms with Crippen LogP contribution in [-0.2, 0) is 0 Å². The van der Waals surface area contributed by atoms with E-state index in [1.165, 1.54) is 0 Å². The zero-order chi connectivity index (χ0) is 13.9. The molecule has 3 aromatic rings. The van der Waals surface area contributed by atoms with Crippen LogP contribution in [0.25, 0.3) is 21.9 Å². The lowest BCUT2D eigenvalue weighted by Crippen LogP contribution is -1.78. The van der Waals surface area contributed by atoms with Gasteiger partial charge >= 0.3 is 0 Å². The smallest absolute Gasteiger partial charge is 0.157 e. The molecule has 0 saturated heterocycles. The van der Waals surface area contributed by atoms with Gasteiger partial charge in [-0.05, 0) is 6.07 Å². The van der Waals surface area contributed by atoms with E-state index < -0.39 is 0 Å². The van der Waals surface area contributed by atoms with Crippen molar-refractivity contribution in [1.29, 1.82) is 0 Å². The molecule has 2 aromatic carbocycles. The highest BCUT2D eigenvalue weighted by atomic mass is 35.5. The molecule has 0 atom stereocenters. The van der Waals surface area contributed by atoms with Crippen LogP contribution in [-0.4, -0.2) is 0 Å². The summed E-state index contributed by atoms with van der Waals surface area (Å²) in [6.45, 7) is 0. The van der Waals surface area contributed by atoms with Crippen molar-refractivity contribution in [3.05, 3.63) is 42.3 Å². The Kier molecular flexibility index (Phi) is 3.50. The zero-order valence-electron chi connectivity index (χ0n) is 8.83. The Morgan fingerprint density at radius 2 is 1.26 bits per heavy atom. The quantitative estimate of drug-likeness (QED) is 0.288. The van der Waals surface area contributed by atoms with Gasteiger partial charge in [-0.2, -0.15) is 0 Å². The van der Waals surface area contributed by atoms with Crippen LogP contribution >= 0.6 is 69.6 Å². The van der Waals surface area contributed by atoms with Crippen molar-refractivity contribution in [2.75, 3.05) is 0 Å². The van der Waals surface area contributed by atoms with Crippen LogP contribution in [0.5, 0.6) is 0 Å². The molecule has 0 fully saturated rings. The van der Waals surface area contributed by atoms with E-state index >= 15 is 0 Å². The summed E-state index contributed by atoms with van der Waals surface area (Å²) >= 11 is 36.3. The average Bonchev–Trinajstić information content (AvgIpc) is 2.73. The molecule has 0 aliphatic carbocycles. The fourth-order valence-corrected chi connectivity index (χ4v) is 3.16.